The molecule has 4 rings (SSSR count). The van der Waals surface area contributed by atoms with E-state index in [-0.39, 0.29) is 0 Å². The summed E-state index contributed by atoms with van der Waals surface area (Å²) in [5.74, 6) is 1.55. The summed E-state index contributed by atoms with van der Waals surface area (Å²) in [6.45, 7) is 7.85. The van der Waals surface area contributed by atoms with Crippen LogP contribution >= 0.6 is 0 Å². The van der Waals surface area contributed by atoms with Crippen LogP contribution in [0.3, 0.4) is 0 Å². The molecule has 0 amide bonds. The third-order valence-corrected chi connectivity index (χ3v) is 5.28. The summed E-state index contributed by atoms with van der Waals surface area (Å²) in [6, 6.07) is 6.45. The van der Waals surface area contributed by atoms with Gasteiger partial charge in [0.1, 0.15) is 5.52 Å². The van der Waals surface area contributed by atoms with Gasteiger partial charge in [-0.3, -0.25) is 4.90 Å². The van der Waals surface area contributed by atoms with Crippen LogP contribution in [-0.4, -0.2) is 23.0 Å². The van der Waals surface area contributed by atoms with Gasteiger partial charge in [0.05, 0.1) is 6.54 Å². The lowest BCUT2D eigenvalue weighted by molar-refractivity contribution is -0.00540. The second kappa shape index (κ2) is 5.38. The molecule has 1 aromatic heterocycles. The fourth-order valence-corrected chi connectivity index (χ4v) is 4.33. The molecule has 0 bridgehead atoms. The summed E-state index contributed by atoms with van der Waals surface area (Å²) in [7, 11) is 0. The van der Waals surface area contributed by atoms with Crippen LogP contribution < -0.4 is 0 Å². The van der Waals surface area contributed by atoms with Crippen LogP contribution in [-0.2, 0) is 13.0 Å². The van der Waals surface area contributed by atoms with Crippen LogP contribution in [0.1, 0.15) is 51.0 Å². The standard InChI is InChI=1S/C19H26N2O/c1-14(2)9-15-5-6-17-16(10-15)20-18(22-17)11-21-12-19(13-21)7-3-4-8-19/h5-6,10,14H,3-4,7-9,11-13H2,1-2H3. The van der Waals surface area contributed by atoms with Gasteiger partial charge in [-0.15, -0.1) is 0 Å². The molecule has 1 aromatic carbocycles. The van der Waals surface area contributed by atoms with Crippen molar-refractivity contribution >= 4 is 11.1 Å². The molecule has 2 aliphatic rings. The van der Waals surface area contributed by atoms with E-state index in [2.05, 4.69) is 36.9 Å². The quantitative estimate of drug-likeness (QED) is 0.837. The number of oxazole rings is 1. The van der Waals surface area contributed by atoms with Gasteiger partial charge in [0.2, 0.25) is 5.89 Å². The van der Waals surface area contributed by atoms with Gasteiger partial charge in [-0.05, 0) is 48.3 Å². The maximum atomic E-state index is 5.93. The molecule has 2 fully saturated rings. The summed E-state index contributed by atoms with van der Waals surface area (Å²) in [6.07, 6.45) is 6.81. The SMILES string of the molecule is CC(C)Cc1ccc2oc(CN3CC4(CCCC4)C3)nc2c1. The van der Waals surface area contributed by atoms with Crippen LogP contribution in [0.2, 0.25) is 0 Å². The number of fused-ring (bicyclic) bond motifs is 1. The van der Waals surface area contributed by atoms with Gasteiger partial charge in [-0.1, -0.05) is 32.8 Å². The Labute approximate surface area is 132 Å². The Morgan fingerprint density at radius 3 is 2.73 bits per heavy atom. The number of hydrogen-bond acceptors (Lipinski definition) is 3. The molecular weight excluding hydrogens is 272 g/mol. The van der Waals surface area contributed by atoms with Crippen LogP contribution in [0.5, 0.6) is 0 Å². The first-order valence-corrected chi connectivity index (χ1v) is 8.73. The van der Waals surface area contributed by atoms with Crippen LogP contribution in [0.15, 0.2) is 22.6 Å². The maximum absolute atomic E-state index is 5.93. The minimum Gasteiger partial charge on any atom is -0.439 e. The molecule has 1 spiro atoms. The first-order chi connectivity index (χ1) is 10.6. The smallest absolute Gasteiger partial charge is 0.209 e. The largest absolute Gasteiger partial charge is 0.439 e. The first-order valence-electron chi connectivity index (χ1n) is 8.73. The highest BCUT2D eigenvalue weighted by atomic mass is 16.3. The lowest BCUT2D eigenvalue weighted by atomic mass is 9.78. The van der Waals surface area contributed by atoms with E-state index >= 15 is 0 Å². The second-order valence-corrected chi connectivity index (χ2v) is 7.86. The summed E-state index contributed by atoms with van der Waals surface area (Å²) in [5.41, 5.74) is 3.95. The summed E-state index contributed by atoms with van der Waals surface area (Å²) in [4.78, 5) is 7.20. The molecule has 1 saturated carbocycles. The number of aromatic nitrogens is 1. The Morgan fingerprint density at radius 2 is 2.00 bits per heavy atom. The van der Waals surface area contributed by atoms with E-state index in [0.29, 0.717) is 11.3 Å². The van der Waals surface area contributed by atoms with Gasteiger partial charge >= 0.3 is 0 Å². The maximum Gasteiger partial charge on any atom is 0.209 e. The average molecular weight is 298 g/mol. The van der Waals surface area contributed by atoms with E-state index in [1.165, 1.54) is 44.3 Å². The third-order valence-electron chi connectivity index (χ3n) is 5.28. The van der Waals surface area contributed by atoms with E-state index < -0.39 is 0 Å². The molecule has 0 radical (unpaired) electrons. The highest BCUT2D eigenvalue weighted by Crippen LogP contribution is 2.45. The Morgan fingerprint density at radius 1 is 1.23 bits per heavy atom. The van der Waals surface area contributed by atoms with E-state index in [4.69, 9.17) is 9.40 Å². The van der Waals surface area contributed by atoms with Crippen molar-refractivity contribution in [3.63, 3.8) is 0 Å². The van der Waals surface area contributed by atoms with E-state index in [0.717, 1.165) is 30.0 Å². The van der Waals surface area contributed by atoms with Crippen molar-refractivity contribution < 1.29 is 4.42 Å². The Hall–Kier alpha value is -1.35. The molecule has 2 aromatic rings. The monoisotopic (exact) mass is 298 g/mol. The molecule has 118 valence electrons. The van der Waals surface area contributed by atoms with Crippen molar-refractivity contribution in [2.75, 3.05) is 13.1 Å². The van der Waals surface area contributed by atoms with Gasteiger partial charge in [-0.2, -0.15) is 0 Å². The molecule has 3 nitrogen and oxygen atoms in total. The molecule has 22 heavy (non-hydrogen) atoms. The summed E-state index contributed by atoms with van der Waals surface area (Å²) < 4.78 is 5.93. The molecule has 0 N–H and O–H groups in total. The molecule has 2 heterocycles. The highest BCUT2D eigenvalue weighted by Gasteiger charge is 2.44. The zero-order chi connectivity index (χ0) is 15.2. The van der Waals surface area contributed by atoms with Gasteiger partial charge < -0.3 is 4.42 Å². The number of nitrogens with zero attached hydrogens (tertiary/aromatic N) is 2. The van der Waals surface area contributed by atoms with Crippen molar-refractivity contribution in [3.8, 4) is 0 Å². The molecule has 1 saturated heterocycles. The van der Waals surface area contributed by atoms with E-state index in [9.17, 15) is 0 Å². The predicted octanol–water partition coefficient (Wildman–Crippen LogP) is 4.40. The Bertz CT molecular complexity index is 659. The Balaban J connectivity index is 1.44. The highest BCUT2D eigenvalue weighted by molar-refractivity contribution is 5.73. The molecule has 3 heteroatoms. The summed E-state index contributed by atoms with van der Waals surface area (Å²) in [5, 5.41) is 0. The molecule has 0 atom stereocenters. The van der Waals surface area contributed by atoms with Crippen molar-refractivity contribution in [2.24, 2.45) is 11.3 Å². The molecule has 1 aliphatic carbocycles. The number of likely N-dealkylation sites (tertiary alicyclic amines) is 1. The van der Waals surface area contributed by atoms with Crippen molar-refractivity contribution in [1.82, 2.24) is 9.88 Å². The van der Waals surface area contributed by atoms with Crippen molar-refractivity contribution in [1.29, 1.82) is 0 Å². The first kappa shape index (κ1) is 14.3. The zero-order valence-electron chi connectivity index (χ0n) is 13.8. The fourth-order valence-electron chi connectivity index (χ4n) is 4.33. The second-order valence-electron chi connectivity index (χ2n) is 7.86. The van der Waals surface area contributed by atoms with Crippen molar-refractivity contribution in [3.05, 3.63) is 29.7 Å². The van der Waals surface area contributed by atoms with Crippen LogP contribution in [0.4, 0.5) is 0 Å². The van der Waals surface area contributed by atoms with E-state index in [1.54, 1.807) is 0 Å². The van der Waals surface area contributed by atoms with Crippen LogP contribution in [0.25, 0.3) is 11.1 Å². The van der Waals surface area contributed by atoms with Crippen LogP contribution in [0, 0.1) is 11.3 Å². The number of hydrogen-bond donors (Lipinski definition) is 0. The van der Waals surface area contributed by atoms with Gasteiger partial charge in [-0.25, -0.2) is 4.98 Å². The van der Waals surface area contributed by atoms with Crippen molar-refractivity contribution in [2.45, 2.75) is 52.5 Å². The average Bonchev–Trinajstić information content (AvgIpc) is 3.03. The van der Waals surface area contributed by atoms with E-state index in [1.807, 2.05) is 0 Å². The Kier molecular flexibility index (Phi) is 3.48. The van der Waals surface area contributed by atoms with Gasteiger partial charge in [0, 0.05) is 13.1 Å². The van der Waals surface area contributed by atoms with Gasteiger partial charge in [0.25, 0.3) is 0 Å². The minimum absolute atomic E-state index is 0.649. The lowest BCUT2D eigenvalue weighted by Gasteiger charge is -2.47. The number of rotatable bonds is 4. The van der Waals surface area contributed by atoms with Gasteiger partial charge in [0.15, 0.2) is 5.58 Å². The predicted molar refractivity (Wildman–Crippen MR) is 88.7 cm³/mol. The molecular formula is C19H26N2O. The molecule has 0 unspecified atom stereocenters. The molecule has 1 aliphatic heterocycles. The summed E-state index contributed by atoms with van der Waals surface area (Å²) >= 11 is 0. The minimum atomic E-state index is 0.649. The normalized spacial score (nSPS) is 21.0. The lowest BCUT2D eigenvalue weighted by Crippen LogP contribution is -2.54. The third kappa shape index (κ3) is 2.67. The zero-order valence-corrected chi connectivity index (χ0v) is 13.8. The number of benzene rings is 1. The topological polar surface area (TPSA) is 29.3 Å². The fraction of sp³-hybridized carbons (Fsp3) is 0.632.